The van der Waals surface area contributed by atoms with Gasteiger partial charge in [-0.2, -0.15) is 0 Å². The minimum Gasteiger partial charge on any atom is -0.489 e. The van der Waals surface area contributed by atoms with E-state index in [-0.39, 0.29) is 0 Å². The molecule has 0 heterocycles. The summed E-state index contributed by atoms with van der Waals surface area (Å²) in [7, 11) is 0. The highest BCUT2D eigenvalue weighted by Crippen LogP contribution is 2.17. The Morgan fingerprint density at radius 3 is 2.55 bits per heavy atom. The molecular weight excluding hydrogens is 304 g/mol. The molecule has 0 saturated carbocycles. The number of ketones is 1. The van der Waals surface area contributed by atoms with Gasteiger partial charge in [-0.15, -0.1) is 0 Å². The van der Waals surface area contributed by atoms with Gasteiger partial charge in [-0.05, 0) is 41.5 Å². The number of rotatable bonds is 6. The van der Waals surface area contributed by atoms with Gasteiger partial charge in [0, 0.05) is 5.02 Å². The minimum absolute atomic E-state index is 0.387. The van der Waals surface area contributed by atoms with Crippen molar-refractivity contribution in [2.45, 2.75) is 6.61 Å². The molecular formula is C17H13ClO4. The molecule has 2 aromatic carbocycles. The van der Waals surface area contributed by atoms with E-state index in [4.69, 9.17) is 21.4 Å². The van der Waals surface area contributed by atoms with Crippen LogP contribution in [0.5, 0.6) is 5.75 Å². The van der Waals surface area contributed by atoms with Gasteiger partial charge in [-0.3, -0.25) is 4.79 Å². The molecule has 0 unspecified atom stereocenters. The van der Waals surface area contributed by atoms with Gasteiger partial charge in [0.05, 0.1) is 0 Å². The highest BCUT2D eigenvalue weighted by molar-refractivity contribution is 6.38. The number of hydrogen-bond donors (Lipinski definition) is 1. The normalized spacial score (nSPS) is 10.6. The van der Waals surface area contributed by atoms with Gasteiger partial charge < -0.3 is 9.84 Å². The molecule has 5 heteroatoms. The Labute approximate surface area is 132 Å². The number of halogens is 1. The predicted octanol–water partition coefficient (Wildman–Crippen LogP) is 3.59. The topological polar surface area (TPSA) is 63.6 Å². The Hall–Kier alpha value is -2.59. The van der Waals surface area contributed by atoms with Crippen LogP contribution >= 0.6 is 11.6 Å². The Bertz CT molecular complexity index is 705. The lowest BCUT2D eigenvalue weighted by atomic mass is 10.2. The third kappa shape index (κ3) is 4.75. The van der Waals surface area contributed by atoms with E-state index >= 15 is 0 Å². The van der Waals surface area contributed by atoms with Crippen molar-refractivity contribution in [2.75, 3.05) is 0 Å². The van der Waals surface area contributed by atoms with Crippen LogP contribution in [0.1, 0.15) is 11.1 Å². The lowest BCUT2D eigenvalue weighted by molar-refractivity contribution is -0.146. The van der Waals surface area contributed by atoms with Crippen molar-refractivity contribution >= 4 is 29.4 Å². The Morgan fingerprint density at radius 2 is 1.86 bits per heavy atom. The first-order chi connectivity index (χ1) is 10.5. The molecule has 2 aromatic rings. The lowest BCUT2D eigenvalue weighted by Crippen LogP contribution is -2.08. The number of benzene rings is 2. The first kappa shape index (κ1) is 15.8. The summed E-state index contributed by atoms with van der Waals surface area (Å²) in [6.45, 7) is 0.387. The number of carbonyl (C=O) groups is 2. The second-order valence-electron chi connectivity index (χ2n) is 4.49. The van der Waals surface area contributed by atoms with Gasteiger partial charge in [-0.1, -0.05) is 41.9 Å². The zero-order valence-corrected chi connectivity index (χ0v) is 12.3. The van der Waals surface area contributed by atoms with Crippen molar-refractivity contribution in [1.29, 1.82) is 0 Å². The van der Waals surface area contributed by atoms with Crippen LogP contribution in [0.15, 0.2) is 54.6 Å². The summed E-state index contributed by atoms with van der Waals surface area (Å²) in [5, 5.41) is 9.18. The van der Waals surface area contributed by atoms with Crippen molar-refractivity contribution in [2.24, 2.45) is 0 Å². The third-order valence-corrected chi connectivity index (χ3v) is 3.07. The molecule has 0 saturated heterocycles. The van der Waals surface area contributed by atoms with E-state index in [9.17, 15) is 9.59 Å². The second-order valence-corrected chi connectivity index (χ2v) is 4.93. The molecule has 0 spiro atoms. The van der Waals surface area contributed by atoms with Crippen LogP contribution in [0.3, 0.4) is 0 Å². The maximum absolute atomic E-state index is 11.0. The zero-order chi connectivity index (χ0) is 15.9. The number of carboxylic acids is 1. The summed E-state index contributed by atoms with van der Waals surface area (Å²) in [5.41, 5.74) is 1.66. The van der Waals surface area contributed by atoms with Gasteiger partial charge >= 0.3 is 5.97 Å². The summed E-state index contributed by atoms with van der Waals surface area (Å²) >= 11 is 5.81. The van der Waals surface area contributed by atoms with Crippen molar-refractivity contribution in [3.05, 3.63) is 70.8 Å². The van der Waals surface area contributed by atoms with Gasteiger partial charge in [0.25, 0.3) is 5.78 Å². The summed E-state index contributed by atoms with van der Waals surface area (Å²) in [6.07, 6.45) is 2.45. The number of hydrogen-bond acceptors (Lipinski definition) is 3. The summed E-state index contributed by atoms with van der Waals surface area (Å²) < 4.78 is 5.65. The average Bonchev–Trinajstić information content (AvgIpc) is 2.52. The Morgan fingerprint density at radius 1 is 1.14 bits per heavy atom. The van der Waals surface area contributed by atoms with Crippen LogP contribution in [0.2, 0.25) is 5.02 Å². The molecule has 1 N–H and O–H groups in total. The van der Waals surface area contributed by atoms with E-state index in [2.05, 4.69) is 0 Å². The standard InChI is InChI=1S/C17H13ClO4/c18-14-7-4-13(5-8-14)11-22-15-3-1-2-12(10-15)6-9-16(19)17(20)21/h1-10H,11H2,(H,20,21)/b9-6+. The fraction of sp³-hybridized carbons (Fsp3) is 0.0588. The van der Waals surface area contributed by atoms with E-state index in [1.165, 1.54) is 6.08 Å². The molecule has 0 fully saturated rings. The zero-order valence-electron chi connectivity index (χ0n) is 11.5. The van der Waals surface area contributed by atoms with Gasteiger partial charge in [-0.25, -0.2) is 4.79 Å². The van der Waals surface area contributed by atoms with E-state index < -0.39 is 11.8 Å². The van der Waals surface area contributed by atoms with Crippen molar-refractivity contribution < 1.29 is 19.4 Å². The largest absolute Gasteiger partial charge is 0.489 e. The predicted molar refractivity (Wildman–Crippen MR) is 83.9 cm³/mol. The molecule has 2 rings (SSSR count). The number of carbonyl (C=O) groups excluding carboxylic acids is 1. The second kappa shape index (κ2) is 7.43. The molecule has 0 bridgehead atoms. The van der Waals surface area contributed by atoms with Crippen molar-refractivity contribution in [3.63, 3.8) is 0 Å². The van der Waals surface area contributed by atoms with Crippen LogP contribution in [-0.4, -0.2) is 16.9 Å². The molecule has 0 amide bonds. The van der Waals surface area contributed by atoms with Crippen LogP contribution < -0.4 is 4.74 Å². The number of ether oxygens (including phenoxy) is 1. The molecule has 0 aliphatic heterocycles. The minimum atomic E-state index is -1.48. The number of carboxylic acid groups (broad SMARTS) is 1. The summed E-state index contributed by atoms with van der Waals surface area (Å²) in [6, 6.07) is 14.3. The van der Waals surface area contributed by atoms with E-state index in [1.54, 1.807) is 36.4 Å². The van der Waals surface area contributed by atoms with Crippen molar-refractivity contribution in [1.82, 2.24) is 0 Å². The van der Waals surface area contributed by atoms with Crippen LogP contribution in [0.25, 0.3) is 6.08 Å². The third-order valence-electron chi connectivity index (χ3n) is 2.81. The van der Waals surface area contributed by atoms with E-state index in [0.717, 1.165) is 11.6 Å². The smallest absolute Gasteiger partial charge is 0.376 e. The Kier molecular flexibility index (Phi) is 5.33. The quantitative estimate of drug-likeness (QED) is 0.653. The highest BCUT2D eigenvalue weighted by atomic mass is 35.5. The average molecular weight is 317 g/mol. The van der Waals surface area contributed by atoms with Crippen molar-refractivity contribution in [3.8, 4) is 5.75 Å². The van der Waals surface area contributed by atoms with Gasteiger partial charge in [0.15, 0.2) is 0 Å². The first-order valence-electron chi connectivity index (χ1n) is 6.47. The van der Waals surface area contributed by atoms with Crippen LogP contribution in [0.4, 0.5) is 0 Å². The molecule has 0 atom stereocenters. The molecule has 0 radical (unpaired) electrons. The van der Waals surface area contributed by atoms with E-state index in [1.807, 2.05) is 12.1 Å². The van der Waals surface area contributed by atoms with E-state index in [0.29, 0.717) is 22.9 Å². The molecule has 0 aliphatic rings. The highest BCUT2D eigenvalue weighted by Gasteiger charge is 2.05. The molecule has 22 heavy (non-hydrogen) atoms. The monoisotopic (exact) mass is 316 g/mol. The summed E-state index contributed by atoms with van der Waals surface area (Å²) in [5.74, 6) is -1.82. The fourth-order valence-electron chi connectivity index (χ4n) is 1.70. The van der Waals surface area contributed by atoms with Crippen LogP contribution in [-0.2, 0) is 16.2 Å². The first-order valence-corrected chi connectivity index (χ1v) is 6.85. The molecule has 4 nitrogen and oxygen atoms in total. The maximum Gasteiger partial charge on any atom is 0.376 e. The lowest BCUT2D eigenvalue weighted by Gasteiger charge is -2.07. The Balaban J connectivity index is 2.00. The van der Waals surface area contributed by atoms with Crippen LogP contribution in [0, 0.1) is 0 Å². The van der Waals surface area contributed by atoms with Gasteiger partial charge in [0.1, 0.15) is 12.4 Å². The molecule has 112 valence electrons. The van der Waals surface area contributed by atoms with Gasteiger partial charge in [0.2, 0.25) is 0 Å². The maximum atomic E-state index is 11.0. The SMILES string of the molecule is O=C(O)C(=O)/C=C/c1cccc(OCc2ccc(Cl)cc2)c1. The fourth-order valence-corrected chi connectivity index (χ4v) is 1.82. The molecule has 0 aromatic heterocycles. The summed E-state index contributed by atoms with van der Waals surface area (Å²) in [4.78, 5) is 21.4. The molecule has 0 aliphatic carbocycles. The number of aliphatic carboxylic acids is 1.